The lowest BCUT2D eigenvalue weighted by Gasteiger charge is -2.31. The summed E-state index contributed by atoms with van der Waals surface area (Å²) in [5, 5.41) is 0.724. The lowest BCUT2D eigenvalue weighted by molar-refractivity contribution is -0.141. The Morgan fingerprint density at radius 1 is 1.32 bits per heavy atom. The number of halogens is 3. The fraction of sp³-hybridized carbons (Fsp3) is 0.615. The van der Waals surface area contributed by atoms with E-state index in [0.29, 0.717) is 6.54 Å². The van der Waals surface area contributed by atoms with Gasteiger partial charge in [-0.05, 0) is 43.8 Å². The molecule has 1 fully saturated rings. The van der Waals surface area contributed by atoms with E-state index < -0.39 is 11.9 Å². The van der Waals surface area contributed by atoms with Crippen molar-refractivity contribution in [3.05, 3.63) is 29.6 Å². The van der Waals surface area contributed by atoms with Crippen LogP contribution in [0.1, 0.15) is 24.1 Å². The zero-order valence-corrected chi connectivity index (χ0v) is 11.6. The van der Waals surface area contributed by atoms with Crippen LogP contribution in [0.4, 0.5) is 13.2 Å². The first-order valence-electron chi connectivity index (χ1n) is 6.26. The molecule has 0 atom stereocenters. The number of pyridine rings is 1. The van der Waals surface area contributed by atoms with Crippen molar-refractivity contribution >= 4 is 11.8 Å². The number of hydrogen-bond donors (Lipinski definition) is 0. The Bertz CT molecular complexity index is 397. The van der Waals surface area contributed by atoms with Crippen LogP contribution in [0.25, 0.3) is 0 Å². The summed E-state index contributed by atoms with van der Waals surface area (Å²) in [6, 6.07) is 2.58. The smallest absolute Gasteiger partial charge is 0.299 e. The Morgan fingerprint density at radius 2 is 2.00 bits per heavy atom. The van der Waals surface area contributed by atoms with Gasteiger partial charge in [-0.15, -0.1) is 0 Å². The van der Waals surface area contributed by atoms with Gasteiger partial charge in [0.15, 0.2) is 0 Å². The van der Waals surface area contributed by atoms with Crippen LogP contribution in [-0.4, -0.2) is 34.5 Å². The van der Waals surface area contributed by atoms with Crippen LogP contribution >= 0.6 is 11.8 Å². The standard InChI is InChI=1S/C13H17F3N2S/c1-19-11-4-6-18(7-5-11)9-10-2-3-12(17-8-10)13(14,15)16/h2-3,8,11H,4-7,9H2,1H3. The number of nitrogens with zero attached hydrogens (tertiary/aromatic N) is 2. The third-order valence-electron chi connectivity index (χ3n) is 3.39. The van der Waals surface area contributed by atoms with E-state index in [2.05, 4.69) is 16.1 Å². The fourth-order valence-electron chi connectivity index (χ4n) is 2.25. The van der Waals surface area contributed by atoms with Crippen LogP contribution in [0.5, 0.6) is 0 Å². The third kappa shape index (κ3) is 4.11. The number of aromatic nitrogens is 1. The van der Waals surface area contributed by atoms with E-state index in [-0.39, 0.29) is 0 Å². The van der Waals surface area contributed by atoms with E-state index >= 15 is 0 Å². The highest BCUT2D eigenvalue weighted by Gasteiger charge is 2.32. The highest BCUT2D eigenvalue weighted by molar-refractivity contribution is 7.99. The molecule has 106 valence electrons. The van der Waals surface area contributed by atoms with Gasteiger partial charge in [-0.2, -0.15) is 24.9 Å². The minimum atomic E-state index is -4.35. The summed E-state index contributed by atoms with van der Waals surface area (Å²) in [6.45, 7) is 2.70. The molecule has 0 bridgehead atoms. The van der Waals surface area contributed by atoms with Crippen molar-refractivity contribution in [1.82, 2.24) is 9.88 Å². The summed E-state index contributed by atoms with van der Waals surface area (Å²) in [5.74, 6) is 0. The van der Waals surface area contributed by atoms with Crippen LogP contribution in [0.2, 0.25) is 0 Å². The SMILES string of the molecule is CSC1CCN(Cc2ccc(C(F)(F)F)nc2)CC1. The molecule has 1 aliphatic heterocycles. The first kappa shape index (κ1) is 14.7. The van der Waals surface area contributed by atoms with Gasteiger partial charge in [-0.3, -0.25) is 9.88 Å². The highest BCUT2D eigenvalue weighted by atomic mass is 32.2. The summed E-state index contributed by atoms with van der Waals surface area (Å²) in [5.41, 5.74) is 0.0212. The summed E-state index contributed by atoms with van der Waals surface area (Å²) >= 11 is 1.89. The maximum atomic E-state index is 12.4. The molecule has 1 aromatic heterocycles. The number of alkyl halides is 3. The van der Waals surface area contributed by atoms with Crippen molar-refractivity contribution in [3.63, 3.8) is 0 Å². The number of thioether (sulfide) groups is 1. The number of rotatable bonds is 3. The molecule has 2 rings (SSSR count). The zero-order valence-electron chi connectivity index (χ0n) is 10.8. The Kier molecular flexibility index (Phi) is 4.73. The largest absolute Gasteiger partial charge is 0.433 e. The molecule has 0 aromatic carbocycles. The molecule has 1 saturated heterocycles. The van der Waals surface area contributed by atoms with Crippen molar-refractivity contribution in [3.8, 4) is 0 Å². The Morgan fingerprint density at radius 3 is 2.47 bits per heavy atom. The molecule has 1 aromatic rings. The quantitative estimate of drug-likeness (QED) is 0.848. The van der Waals surface area contributed by atoms with Gasteiger partial charge < -0.3 is 0 Å². The molecule has 1 aliphatic rings. The molecule has 0 aliphatic carbocycles. The average Bonchev–Trinajstić information content (AvgIpc) is 2.39. The van der Waals surface area contributed by atoms with Gasteiger partial charge in [0.2, 0.25) is 0 Å². The van der Waals surface area contributed by atoms with Gasteiger partial charge in [-0.1, -0.05) is 6.07 Å². The molecule has 0 saturated carbocycles. The highest BCUT2D eigenvalue weighted by Crippen LogP contribution is 2.27. The van der Waals surface area contributed by atoms with E-state index in [1.807, 2.05) is 11.8 Å². The first-order valence-corrected chi connectivity index (χ1v) is 7.55. The van der Waals surface area contributed by atoms with E-state index in [1.54, 1.807) is 0 Å². The second kappa shape index (κ2) is 6.13. The molecular formula is C13H17F3N2S. The molecule has 0 unspecified atom stereocenters. The number of likely N-dealkylation sites (tertiary alicyclic amines) is 1. The van der Waals surface area contributed by atoms with Crippen molar-refractivity contribution in [2.45, 2.75) is 30.8 Å². The lowest BCUT2D eigenvalue weighted by Crippen LogP contribution is -2.34. The van der Waals surface area contributed by atoms with Crippen LogP contribution < -0.4 is 0 Å². The Balaban J connectivity index is 1.90. The number of hydrogen-bond acceptors (Lipinski definition) is 3. The molecule has 0 N–H and O–H groups in total. The third-order valence-corrected chi connectivity index (χ3v) is 4.53. The topological polar surface area (TPSA) is 16.1 Å². The van der Waals surface area contributed by atoms with Gasteiger partial charge in [0, 0.05) is 18.0 Å². The van der Waals surface area contributed by atoms with Gasteiger partial charge >= 0.3 is 6.18 Å². The average molecular weight is 290 g/mol. The molecule has 2 nitrogen and oxygen atoms in total. The fourth-order valence-corrected chi connectivity index (χ4v) is 2.93. The van der Waals surface area contributed by atoms with Gasteiger partial charge in [0.05, 0.1) is 0 Å². The monoisotopic (exact) mass is 290 g/mol. The molecule has 19 heavy (non-hydrogen) atoms. The summed E-state index contributed by atoms with van der Waals surface area (Å²) < 4.78 is 37.2. The van der Waals surface area contributed by atoms with Gasteiger partial charge in [-0.25, -0.2) is 0 Å². The summed E-state index contributed by atoms with van der Waals surface area (Å²) in [6.07, 6.45) is 1.41. The first-order chi connectivity index (χ1) is 8.99. The minimum absolute atomic E-state index is 0.687. The molecule has 0 spiro atoms. The van der Waals surface area contributed by atoms with Crippen molar-refractivity contribution in [2.75, 3.05) is 19.3 Å². The van der Waals surface area contributed by atoms with Crippen LogP contribution in [0.15, 0.2) is 18.3 Å². The predicted octanol–water partition coefficient (Wildman–Crippen LogP) is 3.43. The van der Waals surface area contributed by atoms with Crippen molar-refractivity contribution < 1.29 is 13.2 Å². The molecule has 0 amide bonds. The second-order valence-corrected chi connectivity index (χ2v) is 5.90. The predicted molar refractivity (Wildman–Crippen MR) is 71.1 cm³/mol. The Labute approximate surface area is 115 Å². The summed E-state index contributed by atoms with van der Waals surface area (Å²) in [7, 11) is 0. The minimum Gasteiger partial charge on any atom is -0.299 e. The van der Waals surface area contributed by atoms with Crippen molar-refractivity contribution in [2.24, 2.45) is 0 Å². The van der Waals surface area contributed by atoms with Crippen LogP contribution in [0, 0.1) is 0 Å². The molecule has 6 heteroatoms. The van der Waals surface area contributed by atoms with E-state index in [9.17, 15) is 13.2 Å². The van der Waals surface area contributed by atoms with Gasteiger partial charge in [0.1, 0.15) is 5.69 Å². The van der Waals surface area contributed by atoms with E-state index in [4.69, 9.17) is 0 Å². The number of piperidine rings is 1. The maximum absolute atomic E-state index is 12.4. The van der Waals surface area contributed by atoms with Crippen LogP contribution in [0.3, 0.4) is 0 Å². The molecule has 2 heterocycles. The normalized spacial score (nSPS) is 18.7. The molecule has 0 radical (unpaired) electrons. The molecular weight excluding hydrogens is 273 g/mol. The lowest BCUT2D eigenvalue weighted by atomic mass is 10.1. The maximum Gasteiger partial charge on any atom is 0.433 e. The van der Waals surface area contributed by atoms with Gasteiger partial charge in [0.25, 0.3) is 0 Å². The zero-order chi connectivity index (χ0) is 13.9. The second-order valence-electron chi connectivity index (χ2n) is 4.76. The summed E-state index contributed by atoms with van der Waals surface area (Å²) in [4.78, 5) is 5.77. The van der Waals surface area contributed by atoms with Crippen molar-refractivity contribution in [1.29, 1.82) is 0 Å². The van der Waals surface area contributed by atoms with Crippen LogP contribution in [-0.2, 0) is 12.7 Å². The Hall–Kier alpha value is -0.750. The van der Waals surface area contributed by atoms with E-state index in [0.717, 1.165) is 42.8 Å². The van der Waals surface area contributed by atoms with E-state index in [1.165, 1.54) is 12.3 Å².